The molecular weight excluding hydrogens is 396 g/mol. The summed E-state index contributed by atoms with van der Waals surface area (Å²) in [4.78, 5) is 4.29. The Balaban J connectivity index is 2.27. The molecule has 1 heterocycles. The van der Waals surface area contributed by atoms with E-state index in [0.29, 0.717) is 28.0 Å². The number of methoxy groups -OCH3 is 1. The average Bonchev–Trinajstić information content (AvgIpc) is 2.52. The minimum atomic E-state index is -0.0295. The van der Waals surface area contributed by atoms with Crippen molar-refractivity contribution in [2.24, 2.45) is 5.10 Å². The van der Waals surface area contributed by atoms with E-state index in [9.17, 15) is 10.4 Å². The predicted molar refractivity (Wildman–Crippen MR) is 96.4 cm³/mol. The van der Waals surface area contributed by atoms with Gasteiger partial charge in [0.2, 0.25) is 0 Å². The normalized spacial score (nSPS) is 10.8. The van der Waals surface area contributed by atoms with Crippen molar-refractivity contribution < 1.29 is 9.84 Å². The first kappa shape index (κ1) is 18.2. The molecule has 8 heteroatoms. The van der Waals surface area contributed by atoms with Gasteiger partial charge in [-0.2, -0.15) is 10.4 Å². The van der Waals surface area contributed by atoms with Gasteiger partial charge in [0, 0.05) is 18.4 Å². The first-order valence-corrected chi connectivity index (χ1v) is 8.00. The molecule has 2 rings (SSSR count). The third-order valence-electron chi connectivity index (χ3n) is 3.06. The van der Waals surface area contributed by atoms with E-state index in [0.717, 1.165) is 11.3 Å². The third kappa shape index (κ3) is 4.23. The molecular formula is C16H14BrClN4O2. The number of phenolic OH excluding ortho intramolecular Hbond substituents is 1. The molecule has 0 atom stereocenters. The molecule has 0 aliphatic heterocycles. The van der Waals surface area contributed by atoms with Gasteiger partial charge in [0.25, 0.3) is 0 Å². The highest BCUT2D eigenvalue weighted by Crippen LogP contribution is 2.32. The van der Waals surface area contributed by atoms with Crippen molar-refractivity contribution in [3.8, 4) is 11.8 Å². The number of hydrazone groups is 1. The van der Waals surface area contributed by atoms with Gasteiger partial charge >= 0.3 is 0 Å². The van der Waals surface area contributed by atoms with Gasteiger partial charge < -0.3 is 9.84 Å². The minimum Gasteiger partial charge on any atom is -0.505 e. The second kappa shape index (κ2) is 8.11. The van der Waals surface area contributed by atoms with Crippen LogP contribution >= 0.6 is 27.5 Å². The molecule has 0 aliphatic carbocycles. The molecule has 0 spiro atoms. The van der Waals surface area contributed by atoms with Crippen molar-refractivity contribution in [1.82, 2.24) is 4.98 Å². The van der Waals surface area contributed by atoms with Gasteiger partial charge in [-0.3, -0.25) is 5.43 Å². The van der Waals surface area contributed by atoms with E-state index in [-0.39, 0.29) is 10.8 Å². The molecule has 1 aromatic carbocycles. The highest BCUT2D eigenvalue weighted by atomic mass is 79.9. The van der Waals surface area contributed by atoms with Crippen molar-refractivity contribution in [3.05, 3.63) is 50.1 Å². The van der Waals surface area contributed by atoms with Gasteiger partial charge in [0.1, 0.15) is 17.4 Å². The molecule has 0 unspecified atom stereocenters. The molecule has 0 fully saturated rings. The zero-order valence-corrected chi connectivity index (χ0v) is 15.3. The summed E-state index contributed by atoms with van der Waals surface area (Å²) >= 11 is 9.11. The smallest absolute Gasteiger partial charge is 0.164 e. The highest BCUT2D eigenvalue weighted by molar-refractivity contribution is 9.10. The summed E-state index contributed by atoms with van der Waals surface area (Å²) in [6.07, 6.45) is 1.51. The monoisotopic (exact) mass is 408 g/mol. The number of aryl methyl sites for hydroxylation is 1. The van der Waals surface area contributed by atoms with E-state index in [4.69, 9.17) is 16.3 Å². The minimum absolute atomic E-state index is 0.0295. The first-order chi connectivity index (χ1) is 11.5. The maximum Gasteiger partial charge on any atom is 0.164 e. The van der Waals surface area contributed by atoms with Gasteiger partial charge in [-0.05, 0) is 46.6 Å². The Labute approximate surface area is 152 Å². The number of ether oxygens (including phenoxy) is 1. The number of halogens is 2. The topological polar surface area (TPSA) is 90.5 Å². The number of nitrogens with zero attached hydrogens (tertiary/aromatic N) is 3. The van der Waals surface area contributed by atoms with Gasteiger partial charge in [-0.1, -0.05) is 11.6 Å². The van der Waals surface area contributed by atoms with E-state index in [1.165, 1.54) is 6.21 Å². The van der Waals surface area contributed by atoms with Gasteiger partial charge in [-0.25, -0.2) is 4.98 Å². The Morgan fingerprint density at radius 2 is 2.25 bits per heavy atom. The maximum absolute atomic E-state index is 9.62. The van der Waals surface area contributed by atoms with Crippen LogP contribution in [0.5, 0.6) is 5.75 Å². The Kier molecular flexibility index (Phi) is 6.15. The molecule has 1 aromatic heterocycles. The lowest BCUT2D eigenvalue weighted by Gasteiger charge is -2.09. The Morgan fingerprint density at radius 3 is 2.88 bits per heavy atom. The van der Waals surface area contributed by atoms with Crippen molar-refractivity contribution in [3.63, 3.8) is 0 Å². The van der Waals surface area contributed by atoms with Crippen LogP contribution in [0.15, 0.2) is 27.8 Å². The van der Waals surface area contributed by atoms with E-state index in [1.54, 1.807) is 25.3 Å². The van der Waals surface area contributed by atoms with Gasteiger partial charge in [0.05, 0.1) is 22.3 Å². The molecule has 0 amide bonds. The number of rotatable bonds is 5. The number of aromatic nitrogens is 1. The summed E-state index contributed by atoms with van der Waals surface area (Å²) in [7, 11) is 1.56. The quantitative estimate of drug-likeness (QED) is 0.576. The van der Waals surface area contributed by atoms with Crippen molar-refractivity contribution in [2.75, 3.05) is 12.5 Å². The molecule has 0 radical (unpaired) electrons. The predicted octanol–water partition coefficient (Wildman–Crippen LogP) is 3.98. The average molecular weight is 410 g/mol. The first-order valence-electron chi connectivity index (χ1n) is 6.83. The molecule has 2 N–H and O–H groups in total. The van der Waals surface area contributed by atoms with E-state index in [1.807, 2.05) is 6.92 Å². The fraction of sp³-hybridized carbons (Fsp3) is 0.188. The van der Waals surface area contributed by atoms with Gasteiger partial charge in [0.15, 0.2) is 5.82 Å². The summed E-state index contributed by atoms with van der Waals surface area (Å²) in [6.45, 7) is 2.14. The number of hydrogen-bond donors (Lipinski definition) is 2. The summed E-state index contributed by atoms with van der Waals surface area (Å²) < 4.78 is 5.57. The van der Waals surface area contributed by atoms with Crippen LogP contribution in [0.3, 0.4) is 0 Å². The number of benzene rings is 1. The Bertz CT molecular complexity index is 811. The SMILES string of the molecule is COCc1cc(C)nc(NN=Cc2cc(Cl)c(O)c(Br)c2)c1C#N. The number of aromatic hydroxyl groups is 1. The molecule has 6 nitrogen and oxygen atoms in total. The number of pyridine rings is 1. The fourth-order valence-electron chi connectivity index (χ4n) is 2.04. The Morgan fingerprint density at radius 1 is 1.50 bits per heavy atom. The van der Waals surface area contributed by atoms with Crippen molar-refractivity contribution in [2.45, 2.75) is 13.5 Å². The zero-order chi connectivity index (χ0) is 17.7. The maximum atomic E-state index is 9.62. The second-order valence-electron chi connectivity index (χ2n) is 4.89. The molecule has 0 saturated heterocycles. The summed E-state index contributed by atoms with van der Waals surface area (Å²) in [5, 5.41) is 23.3. The molecule has 0 bridgehead atoms. The molecule has 0 aliphatic rings. The van der Waals surface area contributed by atoms with Crippen molar-refractivity contribution in [1.29, 1.82) is 5.26 Å². The number of nitrogens with one attached hydrogen (secondary N) is 1. The van der Waals surface area contributed by atoms with Crippen LogP contribution in [-0.4, -0.2) is 23.4 Å². The lowest BCUT2D eigenvalue weighted by molar-refractivity contribution is 0.184. The van der Waals surface area contributed by atoms with Crippen LogP contribution in [0.25, 0.3) is 0 Å². The number of anilines is 1. The van der Waals surface area contributed by atoms with E-state index in [2.05, 4.69) is 37.5 Å². The molecule has 0 saturated carbocycles. The number of hydrogen-bond acceptors (Lipinski definition) is 6. The largest absolute Gasteiger partial charge is 0.505 e. The van der Waals surface area contributed by atoms with Crippen LogP contribution in [-0.2, 0) is 11.3 Å². The highest BCUT2D eigenvalue weighted by Gasteiger charge is 2.11. The van der Waals surface area contributed by atoms with E-state index >= 15 is 0 Å². The van der Waals surface area contributed by atoms with Crippen LogP contribution < -0.4 is 5.43 Å². The lowest BCUT2D eigenvalue weighted by Crippen LogP contribution is -2.03. The number of phenols is 1. The standard InChI is InChI=1S/C16H14BrClN4O2/c1-9-3-11(8-24-2)12(6-19)16(21-9)22-20-7-10-4-13(17)15(23)14(18)5-10/h3-5,7,23H,8H2,1-2H3,(H,21,22). The van der Waals surface area contributed by atoms with Crippen LogP contribution in [0.1, 0.15) is 22.4 Å². The molecule has 2 aromatic rings. The van der Waals surface area contributed by atoms with Gasteiger partial charge in [-0.15, -0.1) is 0 Å². The zero-order valence-electron chi connectivity index (χ0n) is 13.0. The molecule has 24 heavy (non-hydrogen) atoms. The third-order valence-corrected chi connectivity index (χ3v) is 3.96. The number of nitriles is 1. The second-order valence-corrected chi connectivity index (χ2v) is 6.16. The van der Waals surface area contributed by atoms with Crippen LogP contribution in [0, 0.1) is 18.3 Å². The van der Waals surface area contributed by atoms with Crippen LogP contribution in [0.4, 0.5) is 5.82 Å². The van der Waals surface area contributed by atoms with Crippen LogP contribution in [0.2, 0.25) is 5.02 Å². The summed E-state index contributed by atoms with van der Waals surface area (Å²) in [5.41, 5.74) is 5.29. The van der Waals surface area contributed by atoms with Crippen molar-refractivity contribution >= 4 is 39.6 Å². The van der Waals surface area contributed by atoms with E-state index < -0.39 is 0 Å². The molecule has 124 valence electrons. The Hall–Kier alpha value is -2.14. The lowest BCUT2D eigenvalue weighted by atomic mass is 10.1. The summed E-state index contributed by atoms with van der Waals surface area (Å²) in [6, 6.07) is 7.14. The summed E-state index contributed by atoms with van der Waals surface area (Å²) in [5.74, 6) is 0.322. The fourth-order valence-corrected chi connectivity index (χ4v) is 2.86.